The molecule has 4 aromatic rings. The summed E-state index contributed by atoms with van der Waals surface area (Å²) in [4.78, 5) is 21.5. The molecular weight excluding hydrogens is 448 g/mol. The summed E-state index contributed by atoms with van der Waals surface area (Å²) in [5, 5.41) is 19.1. The van der Waals surface area contributed by atoms with E-state index in [4.69, 9.17) is 9.47 Å². The summed E-state index contributed by atoms with van der Waals surface area (Å²) in [6.07, 6.45) is 0. The maximum absolute atomic E-state index is 12.5. The fraction of sp³-hybridized carbons (Fsp3) is 0.167. The van der Waals surface area contributed by atoms with Crippen molar-refractivity contribution in [3.05, 3.63) is 65.5 Å². The molecule has 0 bridgehead atoms. The summed E-state index contributed by atoms with van der Waals surface area (Å²) < 4.78 is 10.6. The third kappa shape index (κ3) is 5.24. The summed E-state index contributed by atoms with van der Waals surface area (Å²) in [5.74, 6) is 3.10. The number of amides is 2. The fourth-order valence-electron chi connectivity index (χ4n) is 3.58. The zero-order valence-corrected chi connectivity index (χ0v) is 19.4. The van der Waals surface area contributed by atoms with Gasteiger partial charge in [0.25, 0.3) is 0 Å². The van der Waals surface area contributed by atoms with Crippen LogP contribution in [0.2, 0.25) is 0 Å². The zero-order chi connectivity index (χ0) is 24.4. The molecule has 0 saturated heterocycles. The number of hydrogen-bond donors (Lipinski definition) is 5. The van der Waals surface area contributed by atoms with Crippen molar-refractivity contribution in [2.75, 3.05) is 28.1 Å². The van der Waals surface area contributed by atoms with E-state index >= 15 is 0 Å². The first kappa shape index (κ1) is 22.0. The van der Waals surface area contributed by atoms with Crippen LogP contribution in [0.5, 0.6) is 11.5 Å². The molecule has 0 aliphatic carbocycles. The van der Waals surface area contributed by atoms with Gasteiger partial charge in [-0.3, -0.25) is 5.10 Å². The molecule has 0 saturated carbocycles. The Balaban J connectivity index is 1.24. The number of fused-ring (bicyclic) bond motifs is 1. The van der Waals surface area contributed by atoms with Gasteiger partial charge in [-0.25, -0.2) is 9.78 Å². The van der Waals surface area contributed by atoms with Crippen LogP contribution in [0, 0.1) is 20.8 Å². The minimum atomic E-state index is -0.365. The summed E-state index contributed by atoms with van der Waals surface area (Å²) in [7, 11) is 0. The van der Waals surface area contributed by atoms with Crippen molar-refractivity contribution >= 4 is 40.7 Å². The van der Waals surface area contributed by atoms with Gasteiger partial charge in [-0.2, -0.15) is 10.1 Å². The number of ether oxygens (including phenoxy) is 2. The molecule has 0 atom stereocenters. The molecule has 178 valence electrons. The largest absolute Gasteiger partial charge is 0.454 e. The zero-order valence-electron chi connectivity index (χ0n) is 19.4. The highest BCUT2D eigenvalue weighted by Gasteiger charge is 2.14. The number of nitrogens with zero attached hydrogens (tertiary/aromatic N) is 3. The first-order valence-electron chi connectivity index (χ1n) is 10.9. The molecule has 0 unspecified atom stereocenters. The smallest absolute Gasteiger partial charge is 0.323 e. The van der Waals surface area contributed by atoms with Gasteiger partial charge in [0, 0.05) is 41.0 Å². The second kappa shape index (κ2) is 9.21. The standard InChI is InChI=1S/C24H24N8O3/c1-13-8-16(26-24(33)27-17-5-7-19-20(11-17)35-12-34-19)4-6-18(13)28-23-25-14(2)9-21(30-23)29-22-10-15(3)31-32-22/h4-11H,12H2,1-3H3,(H2,26,27,33)(H3,25,28,29,30,31,32). The lowest BCUT2D eigenvalue weighted by Crippen LogP contribution is -2.19. The number of carbonyl (C=O) groups is 1. The van der Waals surface area contributed by atoms with E-state index in [-0.39, 0.29) is 12.8 Å². The first-order chi connectivity index (χ1) is 16.9. The molecule has 3 heterocycles. The van der Waals surface area contributed by atoms with Crippen molar-refractivity contribution in [1.29, 1.82) is 0 Å². The molecular formula is C24H24N8O3. The molecule has 35 heavy (non-hydrogen) atoms. The van der Waals surface area contributed by atoms with E-state index in [0.717, 1.165) is 28.5 Å². The Labute approximate surface area is 201 Å². The Morgan fingerprint density at radius 3 is 2.40 bits per heavy atom. The summed E-state index contributed by atoms with van der Waals surface area (Å²) in [5.41, 5.74) is 4.67. The Bertz CT molecular complexity index is 1400. The molecule has 5 rings (SSSR count). The van der Waals surface area contributed by atoms with Crippen LogP contribution in [0.3, 0.4) is 0 Å². The van der Waals surface area contributed by atoms with Gasteiger partial charge < -0.3 is 30.7 Å². The predicted octanol–water partition coefficient (Wildman–Crippen LogP) is 4.98. The van der Waals surface area contributed by atoms with Crippen molar-refractivity contribution in [3.63, 3.8) is 0 Å². The number of urea groups is 1. The monoisotopic (exact) mass is 472 g/mol. The third-order valence-corrected chi connectivity index (χ3v) is 5.18. The lowest BCUT2D eigenvalue weighted by molar-refractivity contribution is 0.174. The molecule has 11 nitrogen and oxygen atoms in total. The van der Waals surface area contributed by atoms with Crippen molar-refractivity contribution < 1.29 is 14.3 Å². The average Bonchev–Trinajstić information content (AvgIpc) is 3.43. The number of aromatic amines is 1. The van der Waals surface area contributed by atoms with Crippen molar-refractivity contribution in [1.82, 2.24) is 20.2 Å². The Kier molecular flexibility index (Phi) is 5.80. The lowest BCUT2D eigenvalue weighted by Gasteiger charge is -2.13. The number of rotatable bonds is 6. The molecule has 2 amide bonds. The van der Waals surface area contributed by atoms with Crippen LogP contribution >= 0.6 is 0 Å². The topological polar surface area (TPSA) is 138 Å². The molecule has 2 aromatic carbocycles. The van der Waals surface area contributed by atoms with E-state index in [1.165, 1.54) is 0 Å². The second-order valence-corrected chi connectivity index (χ2v) is 8.07. The molecule has 0 spiro atoms. The van der Waals surface area contributed by atoms with Crippen LogP contribution in [-0.4, -0.2) is 33.0 Å². The number of anilines is 6. The van der Waals surface area contributed by atoms with Crippen LogP contribution in [-0.2, 0) is 0 Å². The van der Waals surface area contributed by atoms with Crippen molar-refractivity contribution in [3.8, 4) is 11.5 Å². The Morgan fingerprint density at radius 2 is 1.63 bits per heavy atom. The van der Waals surface area contributed by atoms with E-state index in [1.807, 2.05) is 45.0 Å². The summed E-state index contributed by atoms with van der Waals surface area (Å²) >= 11 is 0. The highest BCUT2D eigenvalue weighted by Crippen LogP contribution is 2.34. The van der Waals surface area contributed by atoms with Gasteiger partial charge >= 0.3 is 6.03 Å². The molecule has 5 N–H and O–H groups in total. The number of carbonyl (C=O) groups excluding carboxylic acids is 1. The highest BCUT2D eigenvalue weighted by molar-refractivity contribution is 6.00. The molecule has 11 heteroatoms. The lowest BCUT2D eigenvalue weighted by atomic mass is 10.2. The maximum atomic E-state index is 12.5. The number of H-pyrrole nitrogens is 1. The van der Waals surface area contributed by atoms with E-state index in [9.17, 15) is 4.79 Å². The first-order valence-corrected chi connectivity index (χ1v) is 10.9. The quantitative estimate of drug-likeness (QED) is 0.265. The second-order valence-electron chi connectivity index (χ2n) is 8.07. The molecule has 1 aliphatic rings. The number of benzene rings is 2. The molecule has 1 aliphatic heterocycles. The van der Waals surface area contributed by atoms with Gasteiger partial charge in [-0.1, -0.05) is 0 Å². The van der Waals surface area contributed by atoms with Crippen LogP contribution in [0.25, 0.3) is 0 Å². The molecule has 2 aromatic heterocycles. The minimum absolute atomic E-state index is 0.181. The van der Waals surface area contributed by atoms with E-state index in [1.54, 1.807) is 24.3 Å². The van der Waals surface area contributed by atoms with Gasteiger partial charge in [0.05, 0.1) is 5.69 Å². The van der Waals surface area contributed by atoms with Crippen LogP contribution in [0.1, 0.15) is 17.0 Å². The Morgan fingerprint density at radius 1 is 0.857 bits per heavy atom. The van der Waals surface area contributed by atoms with Gasteiger partial charge in [0.2, 0.25) is 12.7 Å². The van der Waals surface area contributed by atoms with Gasteiger partial charge in [-0.05, 0) is 56.7 Å². The predicted molar refractivity (Wildman–Crippen MR) is 133 cm³/mol. The maximum Gasteiger partial charge on any atom is 0.323 e. The molecule has 0 radical (unpaired) electrons. The summed E-state index contributed by atoms with van der Waals surface area (Å²) in [6.45, 7) is 5.92. The van der Waals surface area contributed by atoms with Crippen molar-refractivity contribution in [2.24, 2.45) is 0 Å². The minimum Gasteiger partial charge on any atom is -0.454 e. The van der Waals surface area contributed by atoms with Crippen LogP contribution < -0.4 is 30.7 Å². The number of nitrogens with one attached hydrogen (secondary N) is 5. The summed E-state index contributed by atoms with van der Waals surface area (Å²) in [6, 6.07) is 14.1. The van der Waals surface area contributed by atoms with Crippen molar-refractivity contribution in [2.45, 2.75) is 20.8 Å². The highest BCUT2D eigenvalue weighted by atomic mass is 16.7. The number of hydrogen-bond acceptors (Lipinski definition) is 8. The van der Waals surface area contributed by atoms with E-state index in [0.29, 0.717) is 34.6 Å². The van der Waals surface area contributed by atoms with E-state index < -0.39 is 0 Å². The Hall–Kier alpha value is -4.80. The van der Waals surface area contributed by atoms with Crippen LogP contribution in [0.15, 0.2) is 48.5 Å². The fourth-order valence-corrected chi connectivity index (χ4v) is 3.58. The number of aromatic nitrogens is 4. The van der Waals surface area contributed by atoms with Gasteiger partial charge in [-0.15, -0.1) is 0 Å². The molecule has 0 fully saturated rings. The number of aryl methyl sites for hydroxylation is 3. The average molecular weight is 473 g/mol. The third-order valence-electron chi connectivity index (χ3n) is 5.18. The SMILES string of the molecule is Cc1cc(Nc2cc(C)nc(Nc3ccc(NC(=O)Nc4ccc5c(c4)OCO5)cc3C)n2)[nH]n1. The van der Waals surface area contributed by atoms with Gasteiger partial charge in [0.1, 0.15) is 11.6 Å². The van der Waals surface area contributed by atoms with E-state index in [2.05, 4.69) is 41.4 Å². The normalized spacial score (nSPS) is 11.7. The van der Waals surface area contributed by atoms with Crippen LogP contribution in [0.4, 0.5) is 39.4 Å². The van der Waals surface area contributed by atoms with Gasteiger partial charge in [0.15, 0.2) is 11.5 Å².